The Kier molecular flexibility index (Phi) is 8.08. The number of carboxylic acid groups (broad SMARTS) is 2. The van der Waals surface area contributed by atoms with Crippen molar-refractivity contribution in [2.75, 3.05) is 0 Å². The van der Waals surface area contributed by atoms with Gasteiger partial charge in [-0.25, -0.2) is 0 Å². The standard InChI is InChI=1S/C3H3Br3.CH2O3/c1-2-3(4,5)6;2-1(3)4/h2H,1H2;(H2,2,3,4)/p-2. The lowest BCUT2D eigenvalue weighted by Gasteiger charge is -1.99. The molecule has 0 unspecified atom stereocenters. The van der Waals surface area contributed by atoms with Crippen LogP contribution in [0.1, 0.15) is 0 Å². The van der Waals surface area contributed by atoms with Gasteiger partial charge in [0.1, 0.15) is 0 Å². The van der Waals surface area contributed by atoms with Gasteiger partial charge in [0.05, 0.1) is 0 Å². The van der Waals surface area contributed by atoms with Crippen LogP contribution in [0, 0.1) is 0 Å². The van der Waals surface area contributed by atoms with Crippen LogP contribution in [0.3, 0.4) is 0 Å². The molecule has 0 aliphatic rings. The van der Waals surface area contributed by atoms with E-state index in [4.69, 9.17) is 15.0 Å². The lowest BCUT2D eigenvalue weighted by Crippen LogP contribution is -2.37. The molecular formula is C4H3Br3O3-2. The Morgan fingerprint density at radius 1 is 1.40 bits per heavy atom. The second-order valence-corrected chi connectivity index (χ2v) is 7.94. The van der Waals surface area contributed by atoms with Crippen LogP contribution in [-0.4, -0.2) is 8.30 Å². The van der Waals surface area contributed by atoms with Gasteiger partial charge in [-0.1, -0.05) is 60.4 Å². The fraction of sp³-hybridized carbons (Fsp3) is 0.250. The molecule has 0 aromatic carbocycles. The van der Waals surface area contributed by atoms with Gasteiger partial charge in [0.15, 0.2) is 2.14 Å². The number of carbonyl (C=O) groups excluding carboxylic acids is 1. The van der Waals surface area contributed by atoms with Gasteiger partial charge in [0, 0.05) is 0 Å². The average molecular weight is 339 g/mol. The first kappa shape index (κ1) is 13.1. The fourth-order valence-corrected chi connectivity index (χ4v) is 0. The summed E-state index contributed by atoms with van der Waals surface area (Å²) in [5, 5.41) is 16.7. The van der Waals surface area contributed by atoms with Crippen molar-refractivity contribution >= 4 is 53.9 Å². The SMILES string of the molecule is C=CC(Br)(Br)Br.O=C([O-])[O-]. The molecule has 0 aromatic heterocycles. The highest BCUT2D eigenvalue weighted by Crippen LogP contribution is 2.33. The molecule has 0 N–H and O–H groups in total. The Balaban J connectivity index is 0. The summed E-state index contributed by atoms with van der Waals surface area (Å²) in [5.74, 6) is 0. The van der Waals surface area contributed by atoms with Gasteiger partial charge in [0.25, 0.3) is 0 Å². The lowest BCUT2D eigenvalue weighted by molar-refractivity contribution is -0.415. The summed E-state index contributed by atoms with van der Waals surface area (Å²) in [5.41, 5.74) is 0. The Bertz CT molecular complexity index is 113. The Labute approximate surface area is 83.5 Å². The third-order valence-corrected chi connectivity index (χ3v) is 1.20. The molecule has 0 spiro atoms. The van der Waals surface area contributed by atoms with E-state index in [2.05, 4.69) is 54.4 Å². The topological polar surface area (TPSA) is 63.2 Å². The van der Waals surface area contributed by atoms with E-state index in [-0.39, 0.29) is 2.14 Å². The molecule has 0 rings (SSSR count). The maximum absolute atomic E-state index is 8.33. The number of allylic oxidation sites excluding steroid dienone is 1. The Hall–Kier alpha value is 0.450. The fourth-order valence-electron chi connectivity index (χ4n) is 0. The van der Waals surface area contributed by atoms with E-state index in [9.17, 15) is 0 Å². The van der Waals surface area contributed by atoms with Crippen molar-refractivity contribution in [3.63, 3.8) is 0 Å². The molecule has 6 heteroatoms. The molecule has 0 bridgehead atoms. The molecule has 0 fully saturated rings. The second kappa shape index (κ2) is 6.18. The molecule has 0 aliphatic heterocycles. The summed E-state index contributed by atoms with van der Waals surface area (Å²) in [6, 6.07) is 0. The van der Waals surface area contributed by atoms with E-state index >= 15 is 0 Å². The van der Waals surface area contributed by atoms with Gasteiger partial charge in [-0.3, -0.25) is 0 Å². The summed E-state index contributed by atoms with van der Waals surface area (Å²) in [6.07, 6.45) is -0.646. The van der Waals surface area contributed by atoms with Crippen molar-refractivity contribution in [3.8, 4) is 0 Å². The quantitative estimate of drug-likeness (QED) is 0.479. The molecule has 60 valence electrons. The summed E-state index contributed by atoms with van der Waals surface area (Å²) < 4.78 is -0.257. The van der Waals surface area contributed by atoms with E-state index in [0.29, 0.717) is 0 Å². The molecule has 0 aromatic rings. The number of hydrogen-bond donors (Lipinski definition) is 0. The van der Waals surface area contributed by atoms with Gasteiger partial charge in [0.2, 0.25) is 0 Å². The van der Waals surface area contributed by atoms with Crippen LogP contribution >= 0.6 is 47.8 Å². The molecule has 0 heterocycles. The normalized spacial score (nSPS) is 9.10. The minimum atomic E-state index is -2.33. The predicted molar refractivity (Wildman–Crippen MR) is 45.1 cm³/mol. The molecule has 0 atom stereocenters. The van der Waals surface area contributed by atoms with Crippen molar-refractivity contribution in [3.05, 3.63) is 12.7 Å². The highest BCUT2D eigenvalue weighted by molar-refractivity contribution is 9.39. The minimum Gasteiger partial charge on any atom is -0.652 e. The molecule has 0 saturated heterocycles. The third kappa shape index (κ3) is 39.4. The van der Waals surface area contributed by atoms with E-state index in [1.807, 2.05) is 0 Å². The van der Waals surface area contributed by atoms with Crippen molar-refractivity contribution in [1.29, 1.82) is 0 Å². The predicted octanol–water partition coefficient (Wildman–Crippen LogP) is 0.564. The second-order valence-electron chi connectivity index (χ2n) is 0.996. The first-order chi connectivity index (χ1) is 4.29. The van der Waals surface area contributed by atoms with E-state index in [1.165, 1.54) is 0 Å². The molecule has 0 saturated carbocycles. The molecule has 10 heavy (non-hydrogen) atoms. The van der Waals surface area contributed by atoms with Crippen molar-refractivity contribution in [1.82, 2.24) is 0 Å². The van der Waals surface area contributed by atoms with Crippen molar-refractivity contribution in [2.45, 2.75) is 2.14 Å². The van der Waals surface area contributed by atoms with E-state index in [1.54, 1.807) is 6.08 Å². The van der Waals surface area contributed by atoms with Crippen molar-refractivity contribution < 1.29 is 15.0 Å². The molecular weight excluding hydrogens is 336 g/mol. The molecule has 0 aliphatic carbocycles. The van der Waals surface area contributed by atoms with Crippen molar-refractivity contribution in [2.24, 2.45) is 0 Å². The third-order valence-electron chi connectivity index (χ3n) is 0.231. The van der Waals surface area contributed by atoms with Crippen LogP contribution in [0.4, 0.5) is 4.79 Å². The van der Waals surface area contributed by atoms with Crippen LogP contribution in [-0.2, 0) is 0 Å². The van der Waals surface area contributed by atoms with Crippen LogP contribution in [0.25, 0.3) is 0 Å². The Morgan fingerprint density at radius 2 is 1.50 bits per heavy atom. The number of hydrogen-bond acceptors (Lipinski definition) is 3. The van der Waals surface area contributed by atoms with Gasteiger partial charge in [-0.05, 0) is 6.16 Å². The van der Waals surface area contributed by atoms with Gasteiger partial charge in [-0.15, -0.1) is 0 Å². The molecule has 3 nitrogen and oxygen atoms in total. The zero-order chi connectivity index (χ0) is 8.78. The van der Waals surface area contributed by atoms with E-state index in [0.717, 1.165) is 0 Å². The maximum atomic E-state index is 8.33. The average Bonchev–Trinajstić information content (AvgIpc) is 1.63. The van der Waals surface area contributed by atoms with Gasteiger partial charge in [-0.2, -0.15) is 0 Å². The zero-order valence-corrected chi connectivity index (χ0v) is 9.40. The summed E-state index contributed by atoms with van der Waals surface area (Å²) >= 11 is 9.58. The minimum absolute atomic E-state index is 0.257. The number of halogens is 3. The largest absolute Gasteiger partial charge is 0.652 e. The molecule has 0 radical (unpaired) electrons. The summed E-state index contributed by atoms with van der Waals surface area (Å²) in [4.78, 5) is 8.33. The van der Waals surface area contributed by atoms with Crippen LogP contribution in [0.2, 0.25) is 0 Å². The highest BCUT2D eigenvalue weighted by Gasteiger charge is 2.08. The smallest absolute Gasteiger partial charge is 0.152 e. The molecule has 0 amide bonds. The van der Waals surface area contributed by atoms with E-state index < -0.39 is 6.16 Å². The first-order valence-corrected chi connectivity index (χ1v) is 4.26. The number of alkyl halides is 3. The lowest BCUT2D eigenvalue weighted by atomic mass is 10.8. The summed E-state index contributed by atoms with van der Waals surface area (Å²) in [6.45, 7) is 3.49. The number of rotatable bonds is 0. The van der Waals surface area contributed by atoms with Gasteiger partial charge >= 0.3 is 0 Å². The van der Waals surface area contributed by atoms with Crippen LogP contribution in [0.15, 0.2) is 12.7 Å². The Morgan fingerprint density at radius 3 is 1.50 bits per heavy atom. The summed E-state index contributed by atoms with van der Waals surface area (Å²) in [7, 11) is 0. The zero-order valence-electron chi connectivity index (χ0n) is 4.64. The van der Waals surface area contributed by atoms with Gasteiger partial charge < -0.3 is 15.0 Å². The first-order valence-electron chi connectivity index (χ1n) is 1.88. The van der Waals surface area contributed by atoms with Crippen LogP contribution in [0.5, 0.6) is 0 Å². The highest BCUT2D eigenvalue weighted by atomic mass is 80.0. The number of carbonyl (C=O) groups is 1. The monoisotopic (exact) mass is 336 g/mol. The van der Waals surface area contributed by atoms with Crippen LogP contribution < -0.4 is 10.2 Å². The maximum Gasteiger partial charge on any atom is 0.152 e.